The molecule has 102 valence electrons. The molecule has 0 aromatic carbocycles. The van der Waals surface area contributed by atoms with Crippen LogP contribution in [-0.2, 0) is 10.2 Å². The molecule has 1 fully saturated rings. The molecule has 1 aromatic rings. The van der Waals surface area contributed by atoms with Crippen LogP contribution in [0.4, 0.5) is 0 Å². The Morgan fingerprint density at radius 3 is 2.84 bits per heavy atom. The standard InChI is InChI=1S/C13H18N4OS/c1-12(2)7-4-5-13(12,3)10-9(7)16-17-11(15-10)19-6-8(14)18/h7H,4-6H2,1-3H3,(H2,14,18). The molecule has 1 amide bonds. The summed E-state index contributed by atoms with van der Waals surface area (Å²) in [4.78, 5) is 15.5. The molecule has 5 nitrogen and oxygen atoms in total. The number of aromatic nitrogens is 3. The van der Waals surface area contributed by atoms with E-state index in [1.54, 1.807) is 0 Å². The Kier molecular flexibility index (Phi) is 2.64. The zero-order valence-electron chi connectivity index (χ0n) is 11.4. The van der Waals surface area contributed by atoms with Crippen molar-refractivity contribution in [1.29, 1.82) is 0 Å². The van der Waals surface area contributed by atoms with Crippen molar-refractivity contribution in [3.63, 3.8) is 0 Å². The van der Waals surface area contributed by atoms with E-state index in [4.69, 9.17) is 5.73 Å². The van der Waals surface area contributed by atoms with Crippen LogP contribution in [0.15, 0.2) is 5.16 Å². The Morgan fingerprint density at radius 1 is 1.42 bits per heavy atom. The van der Waals surface area contributed by atoms with Crippen LogP contribution in [-0.4, -0.2) is 26.8 Å². The van der Waals surface area contributed by atoms with Gasteiger partial charge in [-0.1, -0.05) is 32.5 Å². The van der Waals surface area contributed by atoms with Crippen molar-refractivity contribution in [2.75, 3.05) is 5.75 Å². The van der Waals surface area contributed by atoms with Crippen molar-refractivity contribution in [1.82, 2.24) is 15.2 Å². The van der Waals surface area contributed by atoms with Gasteiger partial charge in [0.15, 0.2) is 0 Å². The van der Waals surface area contributed by atoms with Crippen molar-refractivity contribution in [2.24, 2.45) is 11.1 Å². The average Bonchev–Trinajstić information content (AvgIpc) is 2.67. The van der Waals surface area contributed by atoms with Crippen LogP contribution in [0.5, 0.6) is 0 Å². The Hall–Kier alpha value is -1.17. The van der Waals surface area contributed by atoms with Crippen molar-refractivity contribution in [2.45, 2.75) is 50.1 Å². The predicted octanol–water partition coefficient (Wildman–Crippen LogP) is 1.62. The third-order valence-electron chi connectivity index (χ3n) is 5.12. The number of nitrogens with two attached hydrogens (primary N) is 1. The molecule has 2 aliphatic rings. The quantitative estimate of drug-likeness (QED) is 0.850. The molecular weight excluding hydrogens is 260 g/mol. The number of carbonyl (C=O) groups is 1. The molecule has 2 N–H and O–H groups in total. The minimum Gasteiger partial charge on any atom is -0.369 e. The molecule has 2 aliphatic carbocycles. The zero-order valence-corrected chi connectivity index (χ0v) is 12.3. The Bertz CT molecular complexity index is 560. The number of primary amides is 1. The van der Waals surface area contributed by atoms with Crippen LogP contribution in [0.25, 0.3) is 0 Å². The highest BCUT2D eigenvalue weighted by Crippen LogP contribution is 2.66. The molecule has 0 aliphatic heterocycles. The summed E-state index contributed by atoms with van der Waals surface area (Å²) in [6.45, 7) is 6.87. The number of thioether (sulfide) groups is 1. The highest BCUT2D eigenvalue weighted by atomic mass is 32.2. The molecule has 1 saturated carbocycles. The lowest BCUT2D eigenvalue weighted by Crippen LogP contribution is -2.32. The molecule has 1 aromatic heterocycles. The lowest BCUT2D eigenvalue weighted by molar-refractivity contribution is -0.115. The molecule has 2 bridgehead atoms. The van der Waals surface area contributed by atoms with Crippen LogP contribution in [0.2, 0.25) is 0 Å². The van der Waals surface area contributed by atoms with E-state index < -0.39 is 0 Å². The summed E-state index contributed by atoms with van der Waals surface area (Å²) >= 11 is 1.26. The van der Waals surface area contributed by atoms with E-state index in [1.807, 2.05) is 0 Å². The number of carbonyl (C=O) groups excluding carboxylic acids is 1. The summed E-state index contributed by atoms with van der Waals surface area (Å²) in [5, 5.41) is 9.06. The minimum atomic E-state index is -0.359. The molecule has 0 radical (unpaired) electrons. The molecule has 0 spiro atoms. The maximum Gasteiger partial charge on any atom is 0.227 e. The summed E-state index contributed by atoms with van der Waals surface area (Å²) in [7, 11) is 0. The van der Waals surface area contributed by atoms with Crippen LogP contribution in [0, 0.1) is 5.41 Å². The number of hydrogen-bond acceptors (Lipinski definition) is 5. The van der Waals surface area contributed by atoms with Crippen molar-refractivity contribution < 1.29 is 4.79 Å². The average molecular weight is 278 g/mol. The van der Waals surface area contributed by atoms with Gasteiger partial charge in [-0.05, 0) is 18.3 Å². The van der Waals surface area contributed by atoms with Crippen molar-refractivity contribution in [3.8, 4) is 0 Å². The molecule has 1 heterocycles. The summed E-state index contributed by atoms with van der Waals surface area (Å²) in [5.74, 6) is 0.300. The van der Waals surface area contributed by atoms with E-state index in [1.165, 1.54) is 18.2 Å². The summed E-state index contributed by atoms with van der Waals surface area (Å²) < 4.78 is 0. The number of amides is 1. The van der Waals surface area contributed by atoms with E-state index in [9.17, 15) is 4.79 Å². The van der Waals surface area contributed by atoms with E-state index in [0.717, 1.165) is 17.8 Å². The highest BCUT2D eigenvalue weighted by Gasteiger charge is 2.61. The van der Waals surface area contributed by atoms with E-state index >= 15 is 0 Å². The normalized spacial score (nSPS) is 30.4. The second kappa shape index (κ2) is 3.91. The van der Waals surface area contributed by atoms with Crippen LogP contribution < -0.4 is 5.73 Å². The highest BCUT2D eigenvalue weighted by molar-refractivity contribution is 7.99. The molecule has 3 rings (SSSR count). The van der Waals surface area contributed by atoms with Gasteiger partial charge in [0.05, 0.1) is 17.1 Å². The third-order valence-corrected chi connectivity index (χ3v) is 5.98. The van der Waals surface area contributed by atoms with Gasteiger partial charge in [0.2, 0.25) is 11.1 Å². The summed E-state index contributed by atoms with van der Waals surface area (Å²) in [6.07, 6.45) is 2.32. The van der Waals surface area contributed by atoms with Crippen molar-refractivity contribution in [3.05, 3.63) is 11.4 Å². The zero-order chi connectivity index (χ0) is 13.8. The Labute approximate surface area is 116 Å². The fraction of sp³-hybridized carbons (Fsp3) is 0.692. The monoisotopic (exact) mass is 278 g/mol. The predicted molar refractivity (Wildman–Crippen MR) is 72.9 cm³/mol. The fourth-order valence-electron chi connectivity index (χ4n) is 3.56. The van der Waals surface area contributed by atoms with Gasteiger partial charge < -0.3 is 5.73 Å². The SMILES string of the molecule is CC12CCC(c3nnc(SCC(N)=O)nc31)C2(C)C. The molecule has 2 unspecified atom stereocenters. The minimum absolute atomic E-state index is 0.0744. The van der Waals surface area contributed by atoms with Gasteiger partial charge in [0.1, 0.15) is 0 Å². The van der Waals surface area contributed by atoms with Gasteiger partial charge in [-0.2, -0.15) is 5.10 Å². The molecule has 0 saturated heterocycles. The van der Waals surface area contributed by atoms with Gasteiger partial charge in [0.25, 0.3) is 0 Å². The second-order valence-electron chi connectivity index (χ2n) is 6.23. The van der Waals surface area contributed by atoms with Gasteiger partial charge in [-0.15, -0.1) is 5.10 Å². The van der Waals surface area contributed by atoms with Crippen LogP contribution in [0.1, 0.15) is 50.9 Å². The van der Waals surface area contributed by atoms with Crippen molar-refractivity contribution >= 4 is 17.7 Å². The fourth-order valence-corrected chi connectivity index (χ4v) is 4.09. The van der Waals surface area contributed by atoms with E-state index in [2.05, 4.69) is 36.0 Å². The first-order chi connectivity index (χ1) is 8.86. The Balaban J connectivity index is 1.98. The largest absolute Gasteiger partial charge is 0.369 e. The topological polar surface area (TPSA) is 81.8 Å². The van der Waals surface area contributed by atoms with Gasteiger partial charge >= 0.3 is 0 Å². The summed E-state index contributed by atoms with van der Waals surface area (Å²) in [6, 6.07) is 0. The first-order valence-electron chi connectivity index (χ1n) is 6.52. The molecule has 19 heavy (non-hydrogen) atoms. The van der Waals surface area contributed by atoms with Gasteiger partial charge in [0, 0.05) is 11.3 Å². The maximum absolute atomic E-state index is 10.8. The van der Waals surface area contributed by atoms with Crippen LogP contribution >= 0.6 is 11.8 Å². The van der Waals surface area contributed by atoms with Crippen LogP contribution in [0.3, 0.4) is 0 Å². The number of nitrogens with zero attached hydrogens (tertiary/aromatic N) is 3. The maximum atomic E-state index is 10.8. The van der Waals surface area contributed by atoms with Gasteiger partial charge in [-0.25, -0.2) is 4.98 Å². The first kappa shape index (κ1) is 12.8. The lowest BCUT2D eigenvalue weighted by Gasteiger charge is -2.33. The number of rotatable bonds is 3. The molecule has 6 heteroatoms. The van der Waals surface area contributed by atoms with E-state index in [-0.39, 0.29) is 22.5 Å². The number of fused-ring (bicyclic) bond motifs is 5. The Morgan fingerprint density at radius 2 is 2.16 bits per heavy atom. The first-order valence-corrected chi connectivity index (χ1v) is 7.51. The smallest absolute Gasteiger partial charge is 0.227 e. The second-order valence-corrected chi connectivity index (χ2v) is 7.17. The number of hydrogen-bond donors (Lipinski definition) is 1. The molecule has 2 atom stereocenters. The lowest BCUT2D eigenvalue weighted by atomic mass is 9.70. The van der Waals surface area contributed by atoms with E-state index in [0.29, 0.717) is 11.1 Å². The summed E-state index contributed by atoms with van der Waals surface area (Å²) in [5.41, 5.74) is 7.54. The van der Waals surface area contributed by atoms with Gasteiger partial charge in [-0.3, -0.25) is 4.79 Å². The molecular formula is C13H18N4OS. The third kappa shape index (κ3) is 1.62.